The summed E-state index contributed by atoms with van der Waals surface area (Å²) in [6.07, 6.45) is 1.77. The number of esters is 1. The maximum absolute atomic E-state index is 12.2. The summed E-state index contributed by atoms with van der Waals surface area (Å²) in [4.78, 5) is 37.7. The summed E-state index contributed by atoms with van der Waals surface area (Å²) >= 11 is 0. The van der Waals surface area contributed by atoms with Gasteiger partial charge >= 0.3 is 5.97 Å². The third-order valence-electron chi connectivity index (χ3n) is 4.21. The second-order valence-corrected chi connectivity index (χ2v) is 6.63. The van der Waals surface area contributed by atoms with Crippen LogP contribution in [0.1, 0.15) is 29.3 Å². The van der Waals surface area contributed by atoms with Crippen molar-refractivity contribution in [1.29, 1.82) is 5.26 Å². The number of ketones is 1. The highest BCUT2D eigenvalue weighted by Gasteiger charge is 2.14. The Morgan fingerprint density at radius 3 is 2.23 bits per heavy atom. The lowest BCUT2D eigenvalue weighted by Gasteiger charge is -2.11. The summed E-state index contributed by atoms with van der Waals surface area (Å²) in [6, 6.07) is 15.4. The number of hydrogen-bond donors (Lipinski definition) is 1. The number of Topliss-reactive ketones (excluding diaryl/α,β-unsaturated/α-hetero) is 1. The van der Waals surface area contributed by atoms with Crippen LogP contribution in [0.25, 0.3) is 6.08 Å². The highest BCUT2D eigenvalue weighted by molar-refractivity contribution is 6.02. The van der Waals surface area contributed by atoms with Crippen molar-refractivity contribution in [3.63, 3.8) is 0 Å². The molecule has 2 rings (SSSR count). The van der Waals surface area contributed by atoms with Gasteiger partial charge in [-0.2, -0.15) is 5.26 Å². The van der Waals surface area contributed by atoms with Crippen molar-refractivity contribution >= 4 is 35.1 Å². The van der Waals surface area contributed by atoms with Gasteiger partial charge in [0.15, 0.2) is 12.4 Å². The lowest BCUT2D eigenvalue weighted by molar-refractivity contribution is -0.137. The topological polar surface area (TPSA) is 99.5 Å². The molecule has 0 unspecified atom stereocenters. The van der Waals surface area contributed by atoms with Crippen molar-refractivity contribution < 1.29 is 19.1 Å². The van der Waals surface area contributed by atoms with Gasteiger partial charge in [0.1, 0.15) is 11.6 Å². The van der Waals surface area contributed by atoms with Crippen molar-refractivity contribution in [2.75, 3.05) is 30.9 Å². The molecule has 0 aliphatic heterocycles. The number of anilines is 2. The highest BCUT2D eigenvalue weighted by Crippen LogP contribution is 2.15. The van der Waals surface area contributed by atoms with Gasteiger partial charge in [0.2, 0.25) is 5.91 Å². The minimum Gasteiger partial charge on any atom is -0.453 e. The van der Waals surface area contributed by atoms with Gasteiger partial charge in [-0.3, -0.25) is 9.59 Å². The predicted molar refractivity (Wildman–Crippen MR) is 115 cm³/mol. The minimum absolute atomic E-state index is 0.129. The number of nitriles is 1. The Kier molecular flexibility index (Phi) is 7.89. The first-order valence-electron chi connectivity index (χ1n) is 9.33. The molecule has 0 radical (unpaired) electrons. The monoisotopic (exact) mass is 405 g/mol. The summed E-state index contributed by atoms with van der Waals surface area (Å²) in [5, 5.41) is 11.9. The van der Waals surface area contributed by atoms with Gasteiger partial charge in [-0.1, -0.05) is 19.1 Å². The van der Waals surface area contributed by atoms with Gasteiger partial charge < -0.3 is 15.0 Å². The maximum atomic E-state index is 12.2. The lowest BCUT2D eigenvalue weighted by atomic mass is 10.1. The van der Waals surface area contributed by atoms with Gasteiger partial charge in [-0.25, -0.2) is 4.79 Å². The van der Waals surface area contributed by atoms with Crippen LogP contribution < -0.4 is 10.2 Å². The number of carbonyl (C=O) groups is 3. The Balaban J connectivity index is 1.98. The molecule has 7 heteroatoms. The van der Waals surface area contributed by atoms with Crippen molar-refractivity contribution in [2.45, 2.75) is 13.3 Å². The zero-order chi connectivity index (χ0) is 22.1. The van der Waals surface area contributed by atoms with Crippen LogP contribution >= 0.6 is 0 Å². The molecule has 0 atom stereocenters. The summed E-state index contributed by atoms with van der Waals surface area (Å²) < 4.78 is 5.00. The molecule has 0 saturated carbocycles. The van der Waals surface area contributed by atoms with E-state index in [1.165, 1.54) is 18.2 Å². The molecule has 7 nitrogen and oxygen atoms in total. The molecule has 0 saturated heterocycles. The van der Waals surface area contributed by atoms with Crippen molar-refractivity contribution in [3.05, 3.63) is 65.2 Å². The summed E-state index contributed by atoms with van der Waals surface area (Å²) in [6.45, 7) is 1.25. The van der Waals surface area contributed by atoms with E-state index < -0.39 is 18.4 Å². The fourth-order valence-electron chi connectivity index (χ4n) is 2.45. The van der Waals surface area contributed by atoms with Crippen LogP contribution in [0.15, 0.2) is 54.1 Å². The first-order valence-corrected chi connectivity index (χ1v) is 9.33. The number of nitrogens with zero attached hydrogens (tertiary/aromatic N) is 2. The van der Waals surface area contributed by atoms with Crippen LogP contribution in [0.5, 0.6) is 0 Å². The molecule has 0 aliphatic carbocycles. The van der Waals surface area contributed by atoms with E-state index in [1.807, 2.05) is 37.2 Å². The number of rotatable bonds is 8. The van der Waals surface area contributed by atoms with Gasteiger partial charge in [0.25, 0.3) is 0 Å². The summed E-state index contributed by atoms with van der Waals surface area (Å²) in [7, 11) is 3.82. The molecule has 0 aliphatic rings. The molecular formula is C23H23N3O4. The van der Waals surface area contributed by atoms with Crippen molar-refractivity contribution in [1.82, 2.24) is 0 Å². The van der Waals surface area contributed by atoms with Crippen LogP contribution in [0.3, 0.4) is 0 Å². The van der Waals surface area contributed by atoms with Crippen LogP contribution in [-0.2, 0) is 14.3 Å². The van der Waals surface area contributed by atoms with Crippen LogP contribution in [-0.4, -0.2) is 38.4 Å². The first kappa shape index (κ1) is 22.4. The van der Waals surface area contributed by atoms with E-state index in [0.717, 1.165) is 5.69 Å². The maximum Gasteiger partial charge on any atom is 0.349 e. The smallest absolute Gasteiger partial charge is 0.349 e. The standard InChI is InChI=1S/C23H23N3O4/c1-4-22(28)25-19-9-7-17(8-10-19)21(27)15-30-23(29)18(14-24)13-16-5-11-20(12-6-16)26(2)3/h5-13H,4,15H2,1-3H3,(H,25,28)/b18-13+. The number of nitrogens with one attached hydrogen (secondary N) is 1. The molecule has 1 N–H and O–H groups in total. The summed E-state index contributed by atoms with van der Waals surface area (Å²) in [5.74, 6) is -1.41. The quantitative estimate of drug-likeness (QED) is 0.313. The molecule has 0 bridgehead atoms. The fraction of sp³-hybridized carbons (Fsp3) is 0.217. The molecule has 30 heavy (non-hydrogen) atoms. The van der Waals surface area contributed by atoms with E-state index in [9.17, 15) is 19.6 Å². The average molecular weight is 405 g/mol. The van der Waals surface area contributed by atoms with Crippen LogP contribution in [0.4, 0.5) is 11.4 Å². The number of ether oxygens (including phenoxy) is 1. The zero-order valence-electron chi connectivity index (χ0n) is 17.1. The fourth-order valence-corrected chi connectivity index (χ4v) is 2.45. The Bertz CT molecular complexity index is 985. The molecule has 1 amide bonds. The number of benzene rings is 2. The van der Waals surface area contributed by atoms with E-state index in [2.05, 4.69) is 5.32 Å². The number of carbonyl (C=O) groups excluding carboxylic acids is 3. The Labute approximate surface area is 175 Å². The largest absolute Gasteiger partial charge is 0.453 e. The second-order valence-electron chi connectivity index (χ2n) is 6.63. The minimum atomic E-state index is -0.866. The van der Waals surface area contributed by atoms with Crippen LogP contribution in [0, 0.1) is 11.3 Å². The first-order chi connectivity index (χ1) is 14.3. The second kappa shape index (κ2) is 10.6. The van der Waals surface area contributed by atoms with Gasteiger partial charge in [-0.05, 0) is 48.0 Å². The Hall–Kier alpha value is -3.92. The van der Waals surface area contributed by atoms with E-state index in [0.29, 0.717) is 23.2 Å². The number of amides is 1. The highest BCUT2D eigenvalue weighted by atomic mass is 16.5. The SMILES string of the molecule is CCC(=O)Nc1ccc(C(=O)COC(=O)/C(C#N)=C/c2ccc(N(C)C)cc2)cc1. The average Bonchev–Trinajstić information content (AvgIpc) is 2.76. The normalized spacial score (nSPS) is 10.7. The van der Waals surface area contributed by atoms with Crippen molar-refractivity contribution in [2.24, 2.45) is 0 Å². The zero-order valence-corrected chi connectivity index (χ0v) is 17.1. The third-order valence-corrected chi connectivity index (χ3v) is 4.21. The van der Waals surface area contributed by atoms with Crippen molar-refractivity contribution in [3.8, 4) is 6.07 Å². The molecular weight excluding hydrogens is 382 g/mol. The predicted octanol–water partition coefficient (Wildman–Crippen LogP) is 3.43. The van der Waals surface area contributed by atoms with E-state index >= 15 is 0 Å². The molecule has 0 aromatic heterocycles. The van der Waals surface area contributed by atoms with E-state index in [1.54, 1.807) is 31.2 Å². The number of hydrogen-bond acceptors (Lipinski definition) is 6. The van der Waals surface area contributed by atoms with Crippen LogP contribution in [0.2, 0.25) is 0 Å². The van der Waals surface area contributed by atoms with E-state index in [4.69, 9.17) is 4.74 Å². The van der Waals surface area contributed by atoms with Gasteiger partial charge in [0.05, 0.1) is 0 Å². The molecule has 0 fully saturated rings. The molecule has 2 aromatic rings. The molecule has 0 spiro atoms. The van der Waals surface area contributed by atoms with Gasteiger partial charge in [0, 0.05) is 37.5 Å². The molecule has 0 heterocycles. The third kappa shape index (κ3) is 6.31. The van der Waals surface area contributed by atoms with Gasteiger partial charge in [-0.15, -0.1) is 0 Å². The molecule has 2 aromatic carbocycles. The lowest BCUT2D eigenvalue weighted by Crippen LogP contribution is -2.15. The Morgan fingerprint density at radius 2 is 1.70 bits per heavy atom. The Morgan fingerprint density at radius 1 is 1.07 bits per heavy atom. The summed E-state index contributed by atoms with van der Waals surface area (Å²) in [5.41, 5.74) is 2.37. The van der Waals surface area contributed by atoms with E-state index in [-0.39, 0.29) is 11.5 Å². The molecule has 154 valence electrons.